The molecule has 4 aromatic rings. The second kappa shape index (κ2) is 8.82. The molecule has 3 aromatic heterocycles. The van der Waals surface area contributed by atoms with Crippen LogP contribution in [-0.4, -0.2) is 27.5 Å². The number of fused-ring (bicyclic) bond motifs is 1. The first-order valence-electron chi connectivity index (χ1n) is 9.40. The van der Waals surface area contributed by atoms with Gasteiger partial charge in [0.05, 0.1) is 10.3 Å². The first-order chi connectivity index (χ1) is 14.2. The number of anilines is 1. The Bertz CT molecular complexity index is 1160. The number of nitrogens with two attached hydrogens (primary N) is 1. The summed E-state index contributed by atoms with van der Waals surface area (Å²) in [6.07, 6.45) is 4.29. The average molecular weight is 400 g/mol. The van der Waals surface area contributed by atoms with E-state index in [1.807, 2.05) is 42.6 Å². The van der Waals surface area contributed by atoms with E-state index < -0.39 is 0 Å². The molecule has 3 N–H and O–H groups in total. The zero-order chi connectivity index (χ0) is 20.1. The highest BCUT2D eigenvalue weighted by atomic mass is 32.1. The van der Waals surface area contributed by atoms with E-state index in [2.05, 4.69) is 34.3 Å². The standard InChI is InChI=1S/C23H21N5S/c1-2-6-18-15-29-21-20(18)27-22(17-9-11-25-12-10-17)28-23(21)26-14-19(24)13-16-7-4-3-5-8-16/h3-5,7-12,15,19H,13-14,24H2,1H3,(H,26,27,28)/t19-/m0/s1. The Morgan fingerprint density at radius 2 is 1.90 bits per heavy atom. The smallest absolute Gasteiger partial charge is 0.162 e. The molecule has 0 saturated carbocycles. The van der Waals surface area contributed by atoms with Crippen LogP contribution in [0.3, 0.4) is 0 Å². The zero-order valence-electron chi connectivity index (χ0n) is 16.1. The molecule has 0 unspecified atom stereocenters. The van der Waals surface area contributed by atoms with Gasteiger partial charge in [0.15, 0.2) is 5.82 Å². The van der Waals surface area contributed by atoms with Gasteiger partial charge in [-0.25, -0.2) is 9.97 Å². The van der Waals surface area contributed by atoms with Gasteiger partial charge in [0.1, 0.15) is 11.3 Å². The average Bonchev–Trinajstić information content (AvgIpc) is 3.16. The fourth-order valence-corrected chi connectivity index (χ4v) is 4.01. The fourth-order valence-electron chi connectivity index (χ4n) is 3.11. The number of nitrogens with one attached hydrogen (secondary N) is 1. The van der Waals surface area contributed by atoms with Crippen LogP contribution in [0, 0.1) is 11.8 Å². The van der Waals surface area contributed by atoms with Crippen molar-refractivity contribution in [3.63, 3.8) is 0 Å². The third kappa shape index (κ3) is 4.43. The Kier molecular flexibility index (Phi) is 5.80. The molecule has 0 amide bonds. The second-order valence-electron chi connectivity index (χ2n) is 6.66. The Labute approximate surface area is 174 Å². The quantitative estimate of drug-likeness (QED) is 0.477. The number of nitrogens with zero attached hydrogens (tertiary/aromatic N) is 3. The molecule has 6 heteroatoms. The van der Waals surface area contributed by atoms with Crippen LogP contribution in [0.5, 0.6) is 0 Å². The molecular weight excluding hydrogens is 378 g/mol. The minimum absolute atomic E-state index is 0.0262. The van der Waals surface area contributed by atoms with Gasteiger partial charge in [-0.1, -0.05) is 36.3 Å². The van der Waals surface area contributed by atoms with Crippen LogP contribution in [0.1, 0.15) is 18.1 Å². The van der Waals surface area contributed by atoms with Crippen molar-refractivity contribution < 1.29 is 0 Å². The number of benzene rings is 1. The zero-order valence-corrected chi connectivity index (χ0v) is 16.9. The van der Waals surface area contributed by atoms with Crippen molar-refractivity contribution in [2.75, 3.05) is 11.9 Å². The molecule has 4 rings (SSSR count). The normalized spacial score (nSPS) is 11.7. The van der Waals surface area contributed by atoms with Crippen molar-refractivity contribution in [2.45, 2.75) is 19.4 Å². The molecule has 0 aliphatic heterocycles. The maximum Gasteiger partial charge on any atom is 0.162 e. The molecule has 0 saturated heterocycles. The summed E-state index contributed by atoms with van der Waals surface area (Å²) in [5, 5.41) is 5.47. The lowest BCUT2D eigenvalue weighted by atomic mass is 10.1. The van der Waals surface area contributed by atoms with Crippen molar-refractivity contribution in [1.82, 2.24) is 15.0 Å². The van der Waals surface area contributed by atoms with E-state index in [0.717, 1.165) is 33.6 Å². The highest BCUT2D eigenvalue weighted by molar-refractivity contribution is 7.18. The lowest BCUT2D eigenvalue weighted by Crippen LogP contribution is -2.31. The van der Waals surface area contributed by atoms with Gasteiger partial charge in [0.25, 0.3) is 0 Å². The molecule has 0 radical (unpaired) electrons. The van der Waals surface area contributed by atoms with Crippen LogP contribution in [0.2, 0.25) is 0 Å². The summed E-state index contributed by atoms with van der Waals surface area (Å²) in [6, 6.07) is 14.1. The molecule has 1 atom stereocenters. The summed E-state index contributed by atoms with van der Waals surface area (Å²) in [6.45, 7) is 2.44. The molecule has 5 nitrogen and oxygen atoms in total. The molecule has 3 heterocycles. The van der Waals surface area contributed by atoms with Crippen molar-refractivity contribution in [2.24, 2.45) is 5.73 Å². The molecule has 0 aliphatic rings. The summed E-state index contributed by atoms with van der Waals surface area (Å²) in [5.41, 5.74) is 10.3. The number of aromatic nitrogens is 3. The summed E-state index contributed by atoms with van der Waals surface area (Å²) in [7, 11) is 0. The molecule has 29 heavy (non-hydrogen) atoms. The van der Waals surface area contributed by atoms with E-state index >= 15 is 0 Å². The number of pyridine rings is 1. The maximum absolute atomic E-state index is 6.37. The third-order valence-corrected chi connectivity index (χ3v) is 5.46. The van der Waals surface area contributed by atoms with Gasteiger partial charge >= 0.3 is 0 Å². The molecular formula is C23H21N5S. The Morgan fingerprint density at radius 3 is 2.66 bits per heavy atom. The minimum Gasteiger partial charge on any atom is -0.367 e. The van der Waals surface area contributed by atoms with E-state index in [-0.39, 0.29) is 6.04 Å². The number of thiophene rings is 1. The van der Waals surface area contributed by atoms with Crippen LogP contribution in [0.4, 0.5) is 5.82 Å². The molecule has 0 aliphatic carbocycles. The number of hydrogen-bond acceptors (Lipinski definition) is 6. The third-order valence-electron chi connectivity index (χ3n) is 4.49. The van der Waals surface area contributed by atoms with Crippen molar-refractivity contribution >= 4 is 27.4 Å². The van der Waals surface area contributed by atoms with Gasteiger partial charge in [-0.05, 0) is 31.0 Å². The minimum atomic E-state index is -0.0262. The number of hydrogen-bond donors (Lipinski definition) is 2. The van der Waals surface area contributed by atoms with Crippen LogP contribution in [0.15, 0.2) is 60.2 Å². The van der Waals surface area contributed by atoms with Crippen molar-refractivity contribution in [1.29, 1.82) is 0 Å². The fraction of sp³-hybridized carbons (Fsp3) is 0.174. The van der Waals surface area contributed by atoms with Crippen molar-refractivity contribution in [3.05, 3.63) is 71.4 Å². The van der Waals surface area contributed by atoms with Gasteiger partial charge in [-0.15, -0.1) is 17.3 Å². The van der Waals surface area contributed by atoms with Gasteiger partial charge in [-0.3, -0.25) is 4.98 Å². The summed E-state index contributed by atoms with van der Waals surface area (Å²) < 4.78 is 0.993. The monoisotopic (exact) mass is 399 g/mol. The molecule has 0 bridgehead atoms. The summed E-state index contributed by atoms with van der Waals surface area (Å²) in [4.78, 5) is 13.6. The molecule has 0 spiro atoms. The van der Waals surface area contributed by atoms with Gasteiger partial charge in [-0.2, -0.15) is 0 Å². The molecule has 1 aromatic carbocycles. The van der Waals surface area contributed by atoms with E-state index in [0.29, 0.717) is 12.4 Å². The highest BCUT2D eigenvalue weighted by Gasteiger charge is 2.15. The van der Waals surface area contributed by atoms with Gasteiger partial charge < -0.3 is 11.1 Å². The van der Waals surface area contributed by atoms with Crippen LogP contribution < -0.4 is 11.1 Å². The Balaban J connectivity index is 1.64. The first kappa shape index (κ1) is 19.1. The van der Waals surface area contributed by atoms with E-state index in [4.69, 9.17) is 15.7 Å². The van der Waals surface area contributed by atoms with E-state index in [1.165, 1.54) is 5.56 Å². The number of rotatable bonds is 6. The van der Waals surface area contributed by atoms with Gasteiger partial charge in [0.2, 0.25) is 0 Å². The highest BCUT2D eigenvalue weighted by Crippen LogP contribution is 2.31. The largest absolute Gasteiger partial charge is 0.367 e. The lowest BCUT2D eigenvalue weighted by molar-refractivity contribution is 0.698. The molecule has 144 valence electrons. The topological polar surface area (TPSA) is 76.7 Å². The van der Waals surface area contributed by atoms with E-state index in [9.17, 15) is 0 Å². The van der Waals surface area contributed by atoms with Crippen LogP contribution in [-0.2, 0) is 6.42 Å². The summed E-state index contributed by atoms with van der Waals surface area (Å²) in [5.74, 6) is 7.54. The first-order valence-corrected chi connectivity index (χ1v) is 10.3. The predicted molar refractivity (Wildman–Crippen MR) is 120 cm³/mol. The lowest BCUT2D eigenvalue weighted by Gasteiger charge is -2.14. The Morgan fingerprint density at radius 1 is 1.10 bits per heavy atom. The van der Waals surface area contributed by atoms with Crippen molar-refractivity contribution in [3.8, 4) is 23.2 Å². The maximum atomic E-state index is 6.37. The Hall–Kier alpha value is -3.27. The van der Waals surface area contributed by atoms with E-state index in [1.54, 1.807) is 23.7 Å². The van der Waals surface area contributed by atoms with Crippen LogP contribution >= 0.6 is 11.3 Å². The predicted octanol–water partition coefficient (Wildman–Crippen LogP) is 4.11. The SMILES string of the molecule is CC#Cc1csc2c(NC[C@@H](N)Cc3ccccc3)nc(-c3ccncc3)nc12. The van der Waals surface area contributed by atoms with Gasteiger partial charge in [0, 0.05) is 35.9 Å². The molecule has 0 fully saturated rings. The van der Waals surface area contributed by atoms with Crippen LogP contribution in [0.25, 0.3) is 21.6 Å². The summed E-state index contributed by atoms with van der Waals surface area (Å²) >= 11 is 1.60. The second-order valence-corrected chi connectivity index (χ2v) is 7.54.